The summed E-state index contributed by atoms with van der Waals surface area (Å²) in [5.41, 5.74) is 18.4. The average molecular weight is 716 g/mol. The van der Waals surface area contributed by atoms with E-state index in [0.717, 1.165) is 17.1 Å². The Hall–Kier alpha value is -6.96. The Morgan fingerprint density at radius 3 is 1.57 bits per heavy atom. The Labute approximate surface area is 329 Å². The van der Waals surface area contributed by atoms with Crippen LogP contribution in [0.3, 0.4) is 0 Å². The maximum absolute atomic E-state index is 2.41. The van der Waals surface area contributed by atoms with Crippen molar-refractivity contribution in [2.45, 2.75) is 19.3 Å². The second-order valence-corrected chi connectivity index (χ2v) is 15.4. The summed E-state index contributed by atoms with van der Waals surface area (Å²) in [5, 5.41) is 2.49. The van der Waals surface area contributed by atoms with E-state index in [9.17, 15) is 0 Å². The molecule has 1 aliphatic rings. The fourth-order valence-corrected chi connectivity index (χ4v) is 8.74. The van der Waals surface area contributed by atoms with Gasteiger partial charge >= 0.3 is 0 Å². The molecule has 0 unspecified atom stereocenters. The van der Waals surface area contributed by atoms with Gasteiger partial charge in [0.15, 0.2) is 0 Å². The second kappa shape index (κ2) is 13.7. The molecule has 0 heterocycles. The predicted octanol–water partition coefficient (Wildman–Crippen LogP) is 15.3. The van der Waals surface area contributed by atoms with Crippen LogP contribution in [-0.4, -0.2) is 0 Å². The molecule has 56 heavy (non-hydrogen) atoms. The molecule has 9 aromatic rings. The molecule has 0 radical (unpaired) electrons. The van der Waals surface area contributed by atoms with Crippen molar-refractivity contribution >= 4 is 27.8 Å². The van der Waals surface area contributed by atoms with Crippen LogP contribution in [-0.2, 0) is 5.41 Å². The first-order valence-corrected chi connectivity index (χ1v) is 19.5. The first-order chi connectivity index (χ1) is 27.5. The smallest absolute Gasteiger partial charge is 0.0467 e. The zero-order chi connectivity index (χ0) is 37.6. The van der Waals surface area contributed by atoms with E-state index in [4.69, 9.17) is 0 Å². The van der Waals surface area contributed by atoms with Gasteiger partial charge in [-0.05, 0) is 126 Å². The number of rotatable bonds is 7. The topological polar surface area (TPSA) is 3.24 Å². The molecule has 0 spiro atoms. The van der Waals surface area contributed by atoms with Gasteiger partial charge in [0.25, 0.3) is 0 Å². The quantitative estimate of drug-likeness (QED) is 0.159. The second-order valence-electron chi connectivity index (χ2n) is 15.4. The van der Waals surface area contributed by atoms with Gasteiger partial charge in [-0.2, -0.15) is 0 Å². The SMILES string of the molecule is CC1(C)c2ccccc2-c2ccc(-c3ccc(N(c4cccc(-c5ccc6ccccc6c5)c4)c4cccc(-c5ccccc5-c5ccccc5)c4)cc3)cc21. The van der Waals surface area contributed by atoms with E-state index in [0.29, 0.717) is 0 Å². The third-order valence-corrected chi connectivity index (χ3v) is 11.7. The van der Waals surface area contributed by atoms with E-state index in [2.05, 4.69) is 231 Å². The molecule has 1 aliphatic carbocycles. The fourth-order valence-electron chi connectivity index (χ4n) is 8.74. The predicted molar refractivity (Wildman–Crippen MR) is 238 cm³/mol. The van der Waals surface area contributed by atoms with E-state index >= 15 is 0 Å². The normalized spacial score (nSPS) is 12.6. The maximum atomic E-state index is 2.41. The van der Waals surface area contributed by atoms with Gasteiger partial charge in [0.1, 0.15) is 0 Å². The summed E-state index contributed by atoms with van der Waals surface area (Å²) in [5.74, 6) is 0. The molecule has 0 aliphatic heterocycles. The zero-order valence-electron chi connectivity index (χ0n) is 31.7. The highest BCUT2D eigenvalue weighted by molar-refractivity contribution is 5.90. The van der Waals surface area contributed by atoms with Crippen LogP contribution in [0.1, 0.15) is 25.0 Å². The highest BCUT2D eigenvalue weighted by Crippen LogP contribution is 2.50. The van der Waals surface area contributed by atoms with Crippen LogP contribution in [0.15, 0.2) is 212 Å². The Bertz CT molecular complexity index is 2880. The van der Waals surface area contributed by atoms with E-state index in [1.165, 1.54) is 77.5 Å². The van der Waals surface area contributed by atoms with Crippen molar-refractivity contribution < 1.29 is 0 Å². The van der Waals surface area contributed by atoms with Crippen LogP contribution in [0.4, 0.5) is 17.1 Å². The average Bonchev–Trinajstić information content (AvgIpc) is 3.49. The number of hydrogen-bond acceptors (Lipinski definition) is 1. The molecule has 0 saturated heterocycles. The highest BCUT2D eigenvalue weighted by atomic mass is 15.1. The Morgan fingerprint density at radius 1 is 0.286 bits per heavy atom. The summed E-state index contributed by atoms with van der Waals surface area (Å²) in [4.78, 5) is 2.39. The summed E-state index contributed by atoms with van der Waals surface area (Å²) in [7, 11) is 0. The molecule has 0 aromatic heterocycles. The highest BCUT2D eigenvalue weighted by Gasteiger charge is 2.35. The lowest BCUT2D eigenvalue weighted by Crippen LogP contribution is -2.14. The van der Waals surface area contributed by atoms with E-state index in [1.54, 1.807) is 0 Å². The zero-order valence-corrected chi connectivity index (χ0v) is 31.7. The minimum atomic E-state index is -0.0428. The molecule has 1 nitrogen and oxygen atoms in total. The lowest BCUT2D eigenvalue weighted by Gasteiger charge is -2.27. The molecule has 0 N–H and O–H groups in total. The number of hydrogen-bond donors (Lipinski definition) is 0. The van der Waals surface area contributed by atoms with Gasteiger partial charge in [-0.1, -0.05) is 178 Å². The molecule has 0 amide bonds. The molecule has 0 fully saturated rings. The molecular weight excluding hydrogens is 675 g/mol. The van der Waals surface area contributed by atoms with Crippen molar-refractivity contribution in [3.05, 3.63) is 223 Å². The maximum Gasteiger partial charge on any atom is 0.0467 e. The molecule has 0 saturated carbocycles. The monoisotopic (exact) mass is 715 g/mol. The molecule has 0 atom stereocenters. The molecule has 10 rings (SSSR count). The van der Waals surface area contributed by atoms with Crippen LogP contribution in [0.25, 0.3) is 66.4 Å². The molecule has 9 aromatic carbocycles. The largest absolute Gasteiger partial charge is 0.310 e. The van der Waals surface area contributed by atoms with Crippen LogP contribution < -0.4 is 4.90 Å². The van der Waals surface area contributed by atoms with Gasteiger partial charge < -0.3 is 4.90 Å². The number of nitrogens with zero attached hydrogens (tertiary/aromatic N) is 1. The molecule has 0 bridgehead atoms. The Balaban J connectivity index is 1.08. The molecule has 1 heteroatoms. The standard InChI is InChI=1S/C55H41N/c1-55(2)53-25-11-10-24-51(53)52-33-30-44(37-54(52)55)39-28-31-46(32-29-39)56(47-20-12-18-42(35-47)43-27-26-38-14-6-7-17-41(38)34-43)48-21-13-19-45(36-48)50-23-9-8-22-49(50)40-15-4-3-5-16-40/h3-37H,1-2H3. The van der Waals surface area contributed by atoms with Crippen molar-refractivity contribution in [1.29, 1.82) is 0 Å². The van der Waals surface area contributed by atoms with Crippen molar-refractivity contribution in [3.8, 4) is 55.6 Å². The third-order valence-electron chi connectivity index (χ3n) is 11.7. The van der Waals surface area contributed by atoms with Gasteiger partial charge in [-0.25, -0.2) is 0 Å². The van der Waals surface area contributed by atoms with E-state index < -0.39 is 0 Å². The van der Waals surface area contributed by atoms with Gasteiger partial charge in [-0.3, -0.25) is 0 Å². The molecule has 266 valence electrons. The van der Waals surface area contributed by atoms with Crippen LogP contribution in [0.5, 0.6) is 0 Å². The number of anilines is 3. The fraction of sp³-hybridized carbons (Fsp3) is 0.0545. The van der Waals surface area contributed by atoms with E-state index in [-0.39, 0.29) is 5.41 Å². The van der Waals surface area contributed by atoms with Gasteiger partial charge in [0.05, 0.1) is 0 Å². The Kier molecular flexibility index (Phi) is 8.23. The summed E-state index contributed by atoms with van der Waals surface area (Å²) in [6, 6.07) is 77.6. The summed E-state index contributed by atoms with van der Waals surface area (Å²) in [6.45, 7) is 4.70. The van der Waals surface area contributed by atoms with Crippen LogP contribution >= 0.6 is 0 Å². The Morgan fingerprint density at radius 2 is 0.804 bits per heavy atom. The van der Waals surface area contributed by atoms with Crippen molar-refractivity contribution in [2.75, 3.05) is 4.90 Å². The van der Waals surface area contributed by atoms with Gasteiger partial charge in [0.2, 0.25) is 0 Å². The van der Waals surface area contributed by atoms with Crippen LogP contribution in [0.2, 0.25) is 0 Å². The minimum absolute atomic E-state index is 0.0428. The summed E-state index contributed by atoms with van der Waals surface area (Å²) >= 11 is 0. The lowest BCUT2D eigenvalue weighted by molar-refractivity contribution is 0.660. The van der Waals surface area contributed by atoms with Crippen molar-refractivity contribution in [1.82, 2.24) is 0 Å². The van der Waals surface area contributed by atoms with Gasteiger partial charge in [-0.15, -0.1) is 0 Å². The lowest BCUT2D eigenvalue weighted by atomic mass is 9.81. The first-order valence-electron chi connectivity index (χ1n) is 19.5. The first kappa shape index (κ1) is 33.6. The number of benzene rings is 9. The van der Waals surface area contributed by atoms with Crippen molar-refractivity contribution in [2.24, 2.45) is 0 Å². The van der Waals surface area contributed by atoms with E-state index in [1.807, 2.05) is 0 Å². The third kappa shape index (κ3) is 5.90. The van der Waals surface area contributed by atoms with Gasteiger partial charge in [0, 0.05) is 22.5 Å². The van der Waals surface area contributed by atoms with Crippen molar-refractivity contribution in [3.63, 3.8) is 0 Å². The van der Waals surface area contributed by atoms with Crippen LogP contribution in [0, 0.1) is 0 Å². The summed E-state index contributed by atoms with van der Waals surface area (Å²) < 4.78 is 0. The minimum Gasteiger partial charge on any atom is -0.310 e. The summed E-state index contributed by atoms with van der Waals surface area (Å²) in [6.07, 6.45) is 0. The molecular formula is C55H41N. The number of fused-ring (bicyclic) bond motifs is 4.